The van der Waals surface area contributed by atoms with Crippen LogP contribution >= 0.6 is 34.2 Å². The van der Waals surface area contributed by atoms with Gasteiger partial charge in [-0.25, -0.2) is 0 Å². The molecule has 3 nitrogen and oxygen atoms in total. The van der Waals surface area contributed by atoms with Crippen molar-refractivity contribution in [2.45, 2.75) is 0 Å². The van der Waals surface area contributed by atoms with Gasteiger partial charge in [-0.15, -0.1) is 0 Å². The minimum Gasteiger partial charge on any atom is -0.286 e. The molecule has 13 heavy (non-hydrogen) atoms. The molecule has 2 rings (SSSR count). The molecule has 0 radical (unpaired) electrons. The van der Waals surface area contributed by atoms with Crippen LogP contribution in [0.3, 0.4) is 0 Å². The molecule has 0 fully saturated rings. The third-order valence-corrected chi connectivity index (χ3v) is 2.65. The number of nitrogens with zero attached hydrogens (tertiary/aromatic N) is 1. The van der Waals surface area contributed by atoms with E-state index in [9.17, 15) is 4.79 Å². The summed E-state index contributed by atoms with van der Waals surface area (Å²) >= 11 is 7.65. The fourth-order valence-electron chi connectivity index (χ4n) is 1.07. The van der Waals surface area contributed by atoms with Gasteiger partial charge in [0.1, 0.15) is 0 Å². The standard InChI is InChI=1S/C8H4ClIN2O/c9-4-1-2-6-5(3-4)7(13)8(10)12-11-6/h1-3H,(H,11,13). The van der Waals surface area contributed by atoms with Crippen molar-refractivity contribution >= 4 is 45.1 Å². The normalized spacial score (nSPS) is 10.6. The average Bonchev–Trinajstić information content (AvgIpc) is 2.12. The van der Waals surface area contributed by atoms with E-state index in [1.165, 1.54) is 0 Å². The summed E-state index contributed by atoms with van der Waals surface area (Å²) in [4.78, 5) is 11.5. The molecular weight excluding hydrogens is 302 g/mol. The Labute approximate surface area is 92.2 Å². The second kappa shape index (κ2) is 3.26. The van der Waals surface area contributed by atoms with E-state index >= 15 is 0 Å². The topological polar surface area (TPSA) is 45.8 Å². The molecule has 1 N–H and O–H groups in total. The van der Waals surface area contributed by atoms with Gasteiger partial charge in [0, 0.05) is 5.02 Å². The fourth-order valence-corrected chi connectivity index (χ4v) is 1.66. The van der Waals surface area contributed by atoms with Crippen LogP contribution in [-0.4, -0.2) is 10.2 Å². The van der Waals surface area contributed by atoms with Gasteiger partial charge in [-0.2, -0.15) is 5.10 Å². The molecule has 5 heteroatoms. The Morgan fingerprint density at radius 2 is 2.23 bits per heavy atom. The maximum absolute atomic E-state index is 11.5. The zero-order valence-corrected chi connectivity index (χ0v) is 9.26. The zero-order chi connectivity index (χ0) is 9.42. The van der Waals surface area contributed by atoms with Gasteiger partial charge in [0.2, 0.25) is 5.43 Å². The maximum atomic E-state index is 11.5. The Morgan fingerprint density at radius 3 is 3.00 bits per heavy atom. The average molecular weight is 306 g/mol. The first-order valence-corrected chi connectivity index (χ1v) is 4.97. The lowest BCUT2D eigenvalue weighted by Crippen LogP contribution is -2.09. The molecule has 0 bridgehead atoms. The van der Waals surface area contributed by atoms with Gasteiger partial charge < -0.3 is 0 Å². The number of aromatic amines is 1. The quantitative estimate of drug-likeness (QED) is 0.758. The van der Waals surface area contributed by atoms with Gasteiger partial charge in [0.25, 0.3) is 0 Å². The number of benzene rings is 1. The van der Waals surface area contributed by atoms with Crippen molar-refractivity contribution in [2.24, 2.45) is 0 Å². The third kappa shape index (κ3) is 1.55. The Hall–Kier alpha value is -0.620. The minimum atomic E-state index is -0.0862. The monoisotopic (exact) mass is 306 g/mol. The smallest absolute Gasteiger partial charge is 0.221 e. The molecule has 2 aromatic rings. The van der Waals surface area contributed by atoms with Crippen LogP contribution in [0.15, 0.2) is 23.0 Å². The van der Waals surface area contributed by atoms with Crippen molar-refractivity contribution in [3.63, 3.8) is 0 Å². The summed E-state index contributed by atoms with van der Waals surface area (Å²) in [6.45, 7) is 0. The van der Waals surface area contributed by atoms with Crippen LogP contribution in [0.1, 0.15) is 0 Å². The highest BCUT2D eigenvalue weighted by atomic mass is 127. The number of halogens is 2. The summed E-state index contributed by atoms with van der Waals surface area (Å²) < 4.78 is 0.423. The molecule has 0 amide bonds. The van der Waals surface area contributed by atoms with Gasteiger partial charge in [0.05, 0.1) is 10.9 Å². The Kier molecular flexibility index (Phi) is 2.25. The van der Waals surface area contributed by atoms with Crippen LogP contribution < -0.4 is 5.43 Å². The number of H-pyrrole nitrogens is 1. The van der Waals surface area contributed by atoms with Crippen LogP contribution in [0.4, 0.5) is 0 Å². The highest BCUT2D eigenvalue weighted by Crippen LogP contribution is 2.14. The van der Waals surface area contributed by atoms with Crippen molar-refractivity contribution in [3.05, 3.63) is 37.1 Å². The maximum Gasteiger partial charge on any atom is 0.221 e. The van der Waals surface area contributed by atoms with Crippen molar-refractivity contribution < 1.29 is 0 Å². The molecule has 0 aliphatic heterocycles. The van der Waals surface area contributed by atoms with E-state index < -0.39 is 0 Å². The van der Waals surface area contributed by atoms with E-state index in [0.717, 1.165) is 0 Å². The third-order valence-electron chi connectivity index (χ3n) is 1.69. The van der Waals surface area contributed by atoms with E-state index in [0.29, 0.717) is 19.6 Å². The highest BCUT2D eigenvalue weighted by Gasteiger charge is 2.03. The molecule has 0 spiro atoms. The van der Waals surface area contributed by atoms with Crippen molar-refractivity contribution in [1.29, 1.82) is 0 Å². The summed E-state index contributed by atoms with van der Waals surface area (Å²) in [5.41, 5.74) is 0.617. The van der Waals surface area contributed by atoms with Crippen molar-refractivity contribution in [1.82, 2.24) is 10.2 Å². The summed E-state index contributed by atoms with van der Waals surface area (Å²) in [5, 5.41) is 7.74. The summed E-state index contributed by atoms with van der Waals surface area (Å²) in [5.74, 6) is 0. The second-order valence-electron chi connectivity index (χ2n) is 2.53. The number of aromatic nitrogens is 2. The first-order chi connectivity index (χ1) is 6.18. The van der Waals surface area contributed by atoms with Crippen LogP contribution in [0, 0.1) is 3.70 Å². The number of nitrogens with one attached hydrogen (secondary N) is 1. The summed E-state index contributed by atoms with van der Waals surface area (Å²) in [7, 11) is 0. The minimum absolute atomic E-state index is 0.0862. The first-order valence-electron chi connectivity index (χ1n) is 3.52. The summed E-state index contributed by atoms with van der Waals surface area (Å²) in [6.07, 6.45) is 0. The highest BCUT2D eigenvalue weighted by molar-refractivity contribution is 14.1. The molecule has 66 valence electrons. The lowest BCUT2D eigenvalue weighted by Gasteiger charge is -1.97. The van der Waals surface area contributed by atoms with E-state index in [4.69, 9.17) is 11.6 Å². The van der Waals surface area contributed by atoms with Gasteiger partial charge in [-0.05, 0) is 40.8 Å². The SMILES string of the molecule is O=c1c(I)n[nH]c2ccc(Cl)cc12. The fraction of sp³-hybridized carbons (Fsp3) is 0. The predicted octanol–water partition coefficient (Wildman–Crippen LogP) is 2.18. The molecule has 0 saturated carbocycles. The molecular formula is C8H4ClIN2O. The summed E-state index contributed by atoms with van der Waals surface area (Å²) in [6, 6.07) is 5.09. The number of rotatable bonds is 0. The second-order valence-corrected chi connectivity index (χ2v) is 3.99. The Morgan fingerprint density at radius 1 is 1.46 bits per heavy atom. The molecule has 0 aliphatic rings. The molecule has 0 aliphatic carbocycles. The Bertz CT molecular complexity index is 518. The van der Waals surface area contributed by atoms with E-state index in [1.807, 2.05) is 22.6 Å². The molecule has 1 heterocycles. The molecule has 0 atom stereocenters. The van der Waals surface area contributed by atoms with Crippen LogP contribution in [0.25, 0.3) is 10.9 Å². The number of fused-ring (bicyclic) bond motifs is 1. The van der Waals surface area contributed by atoms with Gasteiger partial charge in [-0.1, -0.05) is 11.6 Å². The lowest BCUT2D eigenvalue weighted by atomic mass is 10.2. The largest absolute Gasteiger partial charge is 0.286 e. The molecule has 0 saturated heterocycles. The number of hydrogen-bond acceptors (Lipinski definition) is 2. The number of hydrogen-bond donors (Lipinski definition) is 1. The van der Waals surface area contributed by atoms with Crippen LogP contribution in [0.5, 0.6) is 0 Å². The van der Waals surface area contributed by atoms with E-state index in [1.54, 1.807) is 18.2 Å². The van der Waals surface area contributed by atoms with E-state index in [-0.39, 0.29) is 5.43 Å². The van der Waals surface area contributed by atoms with Crippen molar-refractivity contribution in [2.75, 3.05) is 0 Å². The van der Waals surface area contributed by atoms with Gasteiger partial charge in [0.15, 0.2) is 3.70 Å². The zero-order valence-electron chi connectivity index (χ0n) is 6.34. The predicted molar refractivity (Wildman–Crippen MR) is 60.1 cm³/mol. The Balaban J connectivity index is 2.97. The van der Waals surface area contributed by atoms with Crippen LogP contribution in [-0.2, 0) is 0 Å². The molecule has 1 aromatic heterocycles. The van der Waals surface area contributed by atoms with Crippen LogP contribution in [0.2, 0.25) is 5.02 Å². The van der Waals surface area contributed by atoms with Gasteiger partial charge >= 0.3 is 0 Å². The molecule has 1 aromatic carbocycles. The van der Waals surface area contributed by atoms with E-state index in [2.05, 4.69) is 10.2 Å². The van der Waals surface area contributed by atoms with Gasteiger partial charge in [-0.3, -0.25) is 9.89 Å². The van der Waals surface area contributed by atoms with Crippen molar-refractivity contribution in [3.8, 4) is 0 Å². The lowest BCUT2D eigenvalue weighted by molar-refractivity contribution is 1.03. The molecule has 0 unspecified atom stereocenters. The first kappa shape index (κ1) is 8.96.